The van der Waals surface area contributed by atoms with E-state index in [-0.39, 0.29) is 9.71 Å². The van der Waals surface area contributed by atoms with Gasteiger partial charge < -0.3 is 0 Å². The molecule has 0 heterocycles. The fourth-order valence-corrected chi connectivity index (χ4v) is 1.74. The Bertz CT molecular complexity index is 336. The summed E-state index contributed by atoms with van der Waals surface area (Å²) in [5.74, 6) is 0.0299. The van der Waals surface area contributed by atoms with Crippen molar-refractivity contribution in [2.45, 2.75) is 10.8 Å². The number of ketones is 1. The third-order valence-corrected chi connectivity index (χ3v) is 2.67. The van der Waals surface area contributed by atoms with Crippen LogP contribution in [-0.2, 0) is 0 Å². The Morgan fingerprint density at radius 2 is 2.08 bits per heavy atom. The van der Waals surface area contributed by atoms with Crippen LogP contribution in [0.4, 0.5) is 0 Å². The van der Waals surface area contributed by atoms with Crippen molar-refractivity contribution in [3.8, 4) is 0 Å². The highest BCUT2D eigenvalue weighted by Crippen LogP contribution is 2.23. The molecule has 4 heteroatoms. The van der Waals surface area contributed by atoms with Crippen LogP contribution in [0.25, 0.3) is 0 Å². The Kier molecular flexibility index (Phi) is 4.01. The average Bonchev–Trinajstić information content (AvgIpc) is 2.03. The van der Waals surface area contributed by atoms with Gasteiger partial charge in [-0.1, -0.05) is 45.8 Å². The molecule has 0 saturated carbocycles. The highest BCUT2D eigenvalue weighted by atomic mass is 127. The molecule has 13 heavy (non-hydrogen) atoms. The molecule has 1 aromatic rings. The van der Waals surface area contributed by atoms with E-state index in [9.17, 15) is 4.79 Å². The van der Waals surface area contributed by atoms with Crippen LogP contribution >= 0.6 is 45.8 Å². The van der Waals surface area contributed by atoms with Gasteiger partial charge in [-0.25, -0.2) is 0 Å². The Labute approximate surface area is 101 Å². The third-order valence-electron chi connectivity index (χ3n) is 1.56. The Morgan fingerprint density at radius 1 is 1.46 bits per heavy atom. The minimum atomic E-state index is -0.0729. The van der Waals surface area contributed by atoms with Gasteiger partial charge in [0.05, 0.1) is 8.95 Å². The Hall–Kier alpha value is 0.200. The second kappa shape index (κ2) is 4.62. The second-order valence-corrected chi connectivity index (χ2v) is 5.32. The van der Waals surface area contributed by atoms with Gasteiger partial charge in [0.25, 0.3) is 0 Å². The number of halogens is 3. The molecule has 0 aromatic heterocycles. The lowest BCUT2D eigenvalue weighted by atomic mass is 10.1. The summed E-state index contributed by atoms with van der Waals surface area (Å²) in [6.45, 7) is 1.83. The van der Waals surface area contributed by atoms with E-state index >= 15 is 0 Å². The molecule has 1 nitrogen and oxygen atoms in total. The predicted molar refractivity (Wildman–Crippen MR) is 64.3 cm³/mol. The number of hydrogen-bond acceptors (Lipinski definition) is 1. The molecule has 0 aliphatic carbocycles. The number of carbonyl (C=O) groups excluding carboxylic acids is 1. The monoisotopic (exact) mass is 328 g/mol. The third kappa shape index (κ3) is 2.82. The lowest BCUT2D eigenvalue weighted by molar-refractivity contribution is 0.0998. The van der Waals surface area contributed by atoms with E-state index in [1.165, 1.54) is 0 Å². The summed E-state index contributed by atoms with van der Waals surface area (Å²) in [5, 5.41) is 0.962. The van der Waals surface area contributed by atoms with Crippen molar-refractivity contribution in [3.63, 3.8) is 0 Å². The average molecular weight is 329 g/mol. The Balaban J connectivity index is 3.09. The van der Waals surface area contributed by atoms with Crippen molar-refractivity contribution in [2.75, 3.05) is 0 Å². The van der Waals surface area contributed by atoms with Crippen LogP contribution in [0.1, 0.15) is 17.3 Å². The van der Waals surface area contributed by atoms with Crippen molar-refractivity contribution in [1.82, 2.24) is 0 Å². The van der Waals surface area contributed by atoms with Gasteiger partial charge >= 0.3 is 0 Å². The second-order valence-electron chi connectivity index (χ2n) is 2.60. The molecule has 0 bridgehead atoms. The SMILES string of the molecule is CC(I)C(=O)c1ccc(Cl)cc1Cl. The molecule has 0 amide bonds. The molecule has 0 saturated heterocycles. The van der Waals surface area contributed by atoms with E-state index in [1.54, 1.807) is 18.2 Å². The number of carbonyl (C=O) groups is 1. The van der Waals surface area contributed by atoms with Crippen LogP contribution in [0, 0.1) is 0 Å². The number of hydrogen-bond donors (Lipinski definition) is 0. The van der Waals surface area contributed by atoms with E-state index in [4.69, 9.17) is 23.2 Å². The molecule has 0 aliphatic heterocycles. The van der Waals surface area contributed by atoms with E-state index < -0.39 is 0 Å². The zero-order chi connectivity index (χ0) is 10.0. The molecule has 0 fully saturated rings. The standard InChI is InChI=1S/C9H7Cl2IO/c1-5(12)9(13)7-3-2-6(10)4-8(7)11/h2-5H,1H3. The van der Waals surface area contributed by atoms with Gasteiger partial charge in [-0.05, 0) is 25.1 Å². The first-order valence-corrected chi connectivity index (χ1v) is 5.66. The molecule has 0 radical (unpaired) electrons. The molecule has 1 aromatic carbocycles. The zero-order valence-corrected chi connectivity index (χ0v) is 10.5. The van der Waals surface area contributed by atoms with Crippen molar-refractivity contribution < 1.29 is 4.79 Å². The number of rotatable bonds is 2. The van der Waals surface area contributed by atoms with Gasteiger partial charge in [0.15, 0.2) is 5.78 Å². The highest BCUT2D eigenvalue weighted by Gasteiger charge is 2.14. The summed E-state index contributed by atoms with van der Waals surface area (Å²) >= 11 is 13.6. The summed E-state index contributed by atoms with van der Waals surface area (Å²) in [5.41, 5.74) is 0.535. The maximum absolute atomic E-state index is 11.5. The first-order chi connectivity index (χ1) is 6.02. The van der Waals surface area contributed by atoms with Gasteiger partial charge in [0.1, 0.15) is 0 Å². The normalized spacial score (nSPS) is 12.6. The van der Waals surface area contributed by atoms with Crippen LogP contribution in [0.5, 0.6) is 0 Å². The topological polar surface area (TPSA) is 17.1 Å². The van der Waals surface area contributed by atoms with Gasteiger partial charge in [-0.2, -0.15) is 0 Å². The first-order valence-electron chi connectivity index (χ1n) is 3.65. The van der Waals surface area contributed by atoms with Crippen LogP contribution in [0.3, 0.4) is 0 Å². The predicted octanol–water partition coefficient (Wildman–Crippen LogP) is 4.00. The van der Waals surface area contributed by atoms with E-state index in [2.05, 4.69) is 22.6 Å². The highest BCUT2D eigenvalue weighted by molar-refractivity contribution is 14.1. The van der Waals surface area contributed by atoms with E-state index in [1.807, 2.05) is 6.92 Å². The number of Topliss-reactive ketones (excluding diaryl/α,β-unsaturated/α-hetero) is 1. The fraction of sp³-hybridized carbons (Fsp3) is 0.222. The van der Waals surface area contributed by atoms with Gasteiger partial charge in [0, 0.05) is 10.6 Å². The van der Waals surface area contributed by atoms with E-state index in [0.717, 1.165) is 0 Å². The molecule has 1 atom stereocenters. The molecular weight excluding hydrogens is 322 g/mol. The molecule has 0 spiro atoms. The summed E-state index contributed by atoms with van der Waals surface area (Å²) < 4.78 is -0.0729. The maximum Gasteiger partial charge on any atom is 0.176 e. The van der Waals surface area contributed by atoms with Crippen molar-refractivity contribution in [1.29, 1.82) is 0 Å². The molecule has 0 N–H and O–H groups in total. The minimum absolute atomic E-state index is 0.0299. The summed E-state index contributed by atoms with van der Waals surface area (Å²) in [7, 11) is 0. The quantitative estimate of drug-likeness (QED) is 0.455. The largest absolute Gasteiger partial charge is 0.293 e. The molecule has 1 rings (SSSR count). The summed E-state index contributed by atoms with van der Waals surface area (Å²) in [6, 6.07) is 4.90. The van der Waals surface area contributed by atoms with Crippen LogP contribution in [-0.4, -0.2) is 9.71 Å². The lowest BCUT2D eigenvalue weighted by Crippen LogP contribution is -2.10. The van der Waals surface area contributed by atoms with E-state index in [0.29, 0.717) is 15.6 Å². The minimum Gasteiger partial charge on any atom is -0.293 e. The van der Waals surface area contributed by atoms with Crippen LogP contribution in [0.2, 0.25) is 10.0 Å². The maximum atomic E-state index is 11.5. The molecule has 1 unspecified atom stereocenters. The van der Waals surface area contributed by atoms with Gasteiger partial charge in [-0.3, -0.25) is 4.79 Å². The van der Waals surface area contributed by atoms with Gasteiger partial charge in [-0.15, -0.1) is 0 Å². The molecular formula is C9H7Cl2IO. The number of alkyl halides is 1. The zero-order valence-electron chi connectivity index (χ0n) is 6.85. The summed E-state index contributed by atoms with van der Waals surface area (Å²) in [6.07, 6.45) is 0. The lowest BCUT2D eigenvalue weighted by Gasteiger charge is -2.04. The Morgan fingerprint density at radius 3 is 2.54 bits per heavy atom. The van der Waals surface area contributed by atoms with Crippen LogP contribution in [0.15, 0.2) is 18.2 Å². The van der Waals surface area contributed by atoms with Crippen molar-refractivity contribution in [3.05, 3.63) is 33.8 Å². The van der Waals surface area contributed by atoms with Gasteiger partial charge in [0.2, 0.25) is 0 Å². The summed E-state index contributed by atoms with van der Waals surface area (Å²) in [4.78, 5) is 11.5. The number of benzene rings is 1. The molecule has 0 aliphatic rings. The smallest absolute Gasteiger partial charge is 0.176 e. The molecule has 70 valence electrons. The fourth-order valence-electron chi connectivity index (χ4n) is 0.904. The van der Waals surface area contributed by atoms with Crippen LogP contribution < -0.4 is 0 Å². The van der Waals surface area contributed by atoms with Crippen molar-refractivity contribution in [2.24, 2.45) is 0 Å². The first kappa shape index (κ1) is 11.3. The van der Waals surface area contributed by atoms with Crippen molar-refractivity contribution >= 4 is 51.6 Å².